The zero-order valence-corrected chi connectivity index (χ0v) is 26.7. The van der Waals surface area contributed by atoms with Gasteiger partial charge in [-0.1, -0.05) is 85.3 Å². The molecule has 0 radical (unpaired) electrons. The quantitative estimate of drug-likeness (QED) is 0.143. The van der Waals surface area contributed by atoms with Gasteiger partial charge in [-0.2, -0.15) is 0 Å². The summed E-state index contributed by atoms with van der Waals surface area (Å²) in [5.74, 6) is -0.181. The van der Waals surface area contributed by atoms with E-state index in [2.05, 4.69) is 22.0 Å². The van der Waals surface area contributed by atoms with Crippen LogP contribution in [-0.2, 0) is 24.3 Å². The topological polar surface area (TPSA) is 79.5 Å². The van der Waals surface area contributed by atoms with Crippen LogP contribution >= 0.6 is 11.6 Å². The maximum Gasteiger partial charge on any atom is 0.258 e. The summed E-state index contributed by atoms with van der Waals surface area (Å²) in [4.78, 5) is 27.2. The highest BCUT2D eigenvalue weighted by Crippen LogP contribution is 2.40. The number of ether oxygens (including phenoxy) is 1. The first-order valence-electron chi connectivity index (χ1n) is 15.7. The Kier molecular flexibility index (Phi) is 10.1. The summed E-state index contributed by atoms with van der Waals surface area (Å²) >= 11 is 6.50. The fraction of sp³-hybridized carbons (Fsp3) is 0.179. The van der Waals surface area contributed by atoms with E-state index in [4.69, 9.17) is 16.3 Å². The average molecular weight is 648 g/mol. The van der Waals surface area contributed by atoms with Gasteiger partial charge in [-0.3, -0.25) is 14.9 Å². The van der Waals surface area contributed by atoms with Gasteiger partial charge >= 0.3 is 0 Å². The molecular weight excluding hydrogens is 613 g/mol. The highest BCUT2D eigenvalue weighted by atomic mass is 35.5. The van der Waals surface area contributed by atoms with E-state index >= 15 is 0 Å². The molecule has 1 atom stereocenters. The molecule has 0 bridgehead atoms. The molecular formula is C39H35ClFN3O3. The van der Waals surface area contributed by atoms with Crippen molar-refractivity contribution in [3.8, 4) is 33.8 Å². The fourth-order valence-corrected chi connectivity index (χ4v) is 6.02. The number of benzene rings is 5. The Hall–Kier alpha value is -4.82. The Bertz CT molecular complexity index is 1910. The molecule has 1 heterocycles. The minimum Gasteiger partial charge on any atom is -0.456 e. The monoisotopic (exact) mass is 647 g/mol. The third-order valence-corrected chi connectivity index (χ3v) is 8.62. The Morgan fingerprint density at radius 2 is 1.68 bits per heavy atom. The Morgan fingerprint density at radius 3 is 2.49 bits per heavy atom. The summed E-state index contributed by atoms with van der Waals surface area (Å²) in [6.07, 6.45) is 1.23. The van der Waals surface area contributed by atoms with Gasteiger partial charge in [-0.15, -0.1) is 0 Å². The van der Waals surface area contributed by atoms with Crippen LogP contribution in [0, 0.1) is 5.82 Å². The average Bonchev–Trinajstić information content (AvgIpc) is 3.09. The van der Waals surface area contributed by atoms with E-state index in [9.17, 15) is 14.0 Å². The van der Waals surface area contributed by atoms with E-state index in [0.717, 1.165) is 42.0 Å². The molecule has 0 saturated heterocycles. The summed E-state index contributed by atoms with van der Waals surface area (Å²) in [5.41, 5.74) is 6.15. The van der Waals surface area contributed by atoms with E-state index in [0.29, 0.717) is 39.4 Å². The largest absolute Gasteiger partial charge is 0.456 e. The lowest BCUT2D eigenvalue weighted by molar-refractivity contribution is -0.122. The van der Waals surface area contributed by atoms with Crippen LogP contribution in [0.25, 0.3) is 22.3 Å². The molecule has 0 aliphatic carbocycles. The number of amides is 2. The van der Waals surface area contributed by atoms with Crippen molar-refractivity contribution in [2.45, 2.75) is 38.9 Å². The third kappa shape index (κ3) is 7.44. The molecule has 3 N–H and O–H groups in total. The van der Waals surface area contributed by atoms with E-state index in [1.807, 2.05) is 67.6 Å². The van der Waals surface area contributed by atoms with Gasteiger partial charge in [0.05, 0.1) is 6.04 Å². The van der Waals surface area contributed by atoms with Crippen molar-refractivity contribution in [2.75, 3.05) is 6.54 Å². The zero-order valence-electron chi connectivity index (χ0n) is 26.0. The summed E-state index contributed by atoms with van der Waals surface area (Å²) in [7, 11) is 0. The number of hydrogen-bond acceptors (Lipinski definition) is 5. The van der Waals surface area contributed by atoms with Crippen molar-refractivity contribution in [2.24, 2.45) is 0 Å². The Morgan fingerprint density at radius 1 is 0.872 bits per heavy atom. The van der Waals surface area contributed by atoms with Gasteiger partial charge in [0, 0.05) is 46.4 Å². The Labute approximate surface area is 278 Å². The van der Waals surface area contributed by atoms with Crippen LogP contribution in [-0.4, -0.2) is 24.4 Å². The van der Waals surface area contributed by atoms with E-state index in [1.165, 1.54) is 11.6 Å². The van der Waals surface area contributed by atoms with Crippen molar-refractivity contribution in [3.63, 3.8) is 0 Å². The molecule has 2 amide bonds. The number of hydrogen-bond donors (Lipinski definition) is 3. The number of carbonyl (C=O) groups is 2. The smallest absolute Gasteiger partial charge is 0.258 e. The van der Waals surface area contributed by atoms with Crippen molar-refractivity contribution in [3.05, 3.63) is 142 Å². The van der Waals surface area contributed by atoms with Crippen molar-refractivity contribution < 1.29 is 18.7 Å². The number of halogens is 2. The second-order valence-electron chi connectivity index (χ2n) is 11.4. The summed E-state index contributed by atoms with van der Waals surface area (Å²) in [6, 6.07) is 32.4. The lowest BCUT2D eigenvalue weighted by Crippen LogP contribution is -2.45. The molecule has 0 fully saturated rings. The third-order valence-electron chi connectivity index (χ3n) is 8.38. The van der Waals surface area contributed by atoms with Gasteiger partial charge in [0.15, 0.2) is 0 Å². The minimum atomic E-state index is -0.709. The van der Waals surface area contributed by atoms with E-state index in [1.54, 1.807) is 36.4 Å². The Balaban J connectivity index is 1.35. The van der Waals surface area contributed by atoms with Crippen LogP contribution < -0.4 is 20.7 Å². The first kappa shape index (κ1) is 32.1. The highest BCUT2D eigenvalue weighted by Gasteiger charge is 2.24. The van der Waals surface area contributed by atoms with Gasteiger partial charge in [-0.25, -0.2) is 4.39 Å². The van der Waals surface area contributed by atoms with Crippen LogP contribution in [0.5, 0.6) is 11.5 Å². The SMILES string of the molecule is CCC(NCc1ccccc1F)C(=O)NC(=O)c1ccc(-c2ccccc2)cc1-c1ccc(Cl)cc1Oc1cccc2c1CCNC2. The van der Waals surface area contributed by atoms with Crippen LogP contribution in [0.15, 0.2) is 109 Å². The number of nitrogens with one attached hydrogen (secondary N) is 3. The van der Waals surface area contributed by atoms with Crippen LogP contribution in [0.2, 0.25) is 5.02 Å². The normalized spacial score (nSPS) is 13.0. The summed E-state index contributed by atoms with van der Waals surface area (Å²) in [6.45, 7) is 3.59. The van der Waals surface area contributed by atoms with Gasteiger partial charge < -0.3 is 15.4 Å². The van der Waals surface area contributed by atoms with Gasteiger partial charge in [0.2, 0.25) is 5.91 Å². The summed E-state index contributed by atoms with van der Waals surface area (Å²) in [5, 5.41) is 9.55. The molecule has 0 spiro atoms. The standard InChI is InChI=1S/C39H35ClFN3O3/c1-2-35(43-24-28-11-6-7-13-34(28)41)39(46)44-38(45)32-17-15-26(25-9-4-3-5-10-25)21-33(32)31-18-16-29(40)22-37(31)47-36-14-8-12-27-23-42-20-19-30(27)36/h3-18,21-22,35,42-43H,2,19-20,23-24H2,1H3,(H,44,45,46). The molecule has 1 aliphatic heterocycles. The van der Waals surface area contributed by atoms with Crippen LogP contribution in [0.1, 0.15) is 40.4 Å². The van der Waals surface area contributed by atoms with Crippen LogP contribution in [0.4, 0.5) is 4.39 Å². The molecule has 0 saturated carbocycles. The lowest BCUT2D eigenvalue weighted by atomic mass is 9.93. The maximum atomic E-state index is 14.2. The molecule has 5 aromatic carbocycles. The predicted molar refractivity (Wildman–Crippen MR) is 184 cm³/mol. The molecule has 1 aliphatic rings. The van der Waals surface area contributed by atoms with Gasteiger partial charge in [0.1, 0.15) is 17.3 Å². The first-order valence-corrected chi connectivity index (χ1v) is 16.1. The number of carbonyl (C=O) groups excluding carboxylic acids is 2. The number of rotatable bonds is 10. The highest BCUT2D eigenvalue weighted by molar-refractivity contribution is 6.30. The molecule has 238 valence electrons. The molecule has 8 heteroatoms. The van der Waals surface area contributed by atoms with Crippen molar-refractivity contribution in [1.29, 1.82) is 0 Å². The fourth-order valence-electron chi connectivity index (χ4n) is 5.85. The minimum absolute atomic E-state index is 0.147. The van der Waals surface area contributed by atoms with Gasteiger partial charge in [-0.05, 0) is 78.0 Å². The summed E-state index contributed by atoms with van der Waals surface area (Å²) < 4.78 is 20.8. The molecule has 6 nitrogen and oxygen atoms in total. The van der Waals surface area contributed by atoms with E-state index in [-0.39, 0.29) is 12.4 Å². The molecule has 0 aromatic heterocycles. The molecule has 1 unspecified atom stereocenters. The first-order chi connectivity index (χ1) is 22.9. The number of imide groups is 1. The second-order valence-corrected chi connectivity index (χ2v) is 11.9. The second kappa shape index (κ2) is 14.7. The zero-order chi connectivity index (χ0) is 32.8. The lowest BCUT2D eigenvalue weighted by Gasteiger charge is -2.22. The molecule has 6 rings (SSSR count). The maximum absolute atomic E-state index is 14.2. The van der Waals surface area contributed by atoms with Gasteiger partial charge in [0.25, 0.3) is 5.91 Å². The van der Waals surface area contributed by atoms with Crippen molar-refractivity contribution >= 4 is 23.4 Å². The molecule has 47 heavy (non-hydrogen) atoms. The van der Waals surface area contributed by atoms with Crippen LogP contribution in [0.3, 0.4) is 0 Å². The predicted octanol–water partition coefficient (Wildman–Crippen LogP) is 8.08. The number of fused-ring (bicyclic) bond motifs is 1. The van der Waals surface area contributed by atoms with Crippen molar-refractivity contribution in [1.82, 2.24) is 16.0 Å². The van der Waals surface area contributed by atoms with E-state index < -0.39 is 17.9 Å². The molecule has 5 aromatic rings.